The molecule has 0 aliphatic carbocycles. The maximum atomic E-state index is 12.0. The molecule has 1 unspecified atom stereocenters. The van der Waals surface area contributed by atoms with Crippen molar-refractivity contribution in [1.29, 1.82) is 5.26 Å². The molecule has 138 valence electrons. The van der Waals surface area contributed by atoms with Crippen LogP contribution >= 0.6 is 0 Å². The van der Waals surface area contributed by atoms with Gasteiger partial charge in [-0.3, -0.25) is 4.79 Å². The average Bonchev–Trinajstić information content (AvgIpc) is 2.72. The summed E-state index contributed by atoms with van der Waals surface area (Å²) in [5.41, 5.74) is 8.68. The second-order valence-corrected chi connectivity index (χ2v) is 6.43. The number of Topliss-reactive ketones (excluding diaryl/α,β-unsaturated/α-hetero) is 1. The molecule has 1 aliphatic rings. The molecular weight excluding hydrogens is 354 g/mol. The normalized spacial score (nSPS) is 13.8. The van der Waals surface area contributed by atoms with E-state index in [-0.39, 0.29) is 5.78 Å². The largest absolute Gasteiger partial charge is 0.492 e. The summed E-state index contributed by atoms with van der Waals surface area (Å²) in [6.07, 6.45) is 1.55. The number of pyridine rings is 1. The zero-order valence-corrected chi connectivity index (χ0v) is 15.0. The first-order chi connectivity index (χ1) is 13.6. The minimum absolute atomic E-state index is 0.0679. The topological polar surface area (TPSA) is 98.2 Å². The van der Waals surface area contributed by atoms with Crippen molar-refractivity contribution >= 4 is 11.6 Å². The number of nitrogens with zero attached hydrogens (tertiary/aromatic N) is 2. The number of hydrogen-bond acceptors (Lipinski definition) is 6. The van der Waals surface area contributed by atoms with Crippen molar-refractivity contribution in [2.45, 2.75) is 12.5 Å². The fourth-order valence-corrected chi connectivity index (χ4v) is 3.14. The summed E-state index contributed by atoms with van der Waals surface area (Å²) in [4.78, 5) is 16.0. The van der Waals surface area contributed by atoms with Gasteiger partial charge in [0.2, 0.25) is 0 Å². The molecule has 2 heterocycles. The molecule has 0 fully saturated rings. The Morgan fingerprint density at radius 1 is 1.11 bits per heavy atom. The van der Waals surface area contributed by atoms with Gasteiger partial charge in [-0.05, 0) is 42.0 Å². The van der Waals surface area contributed by atoms with Gasteiger partial charge in [0.25, 0.3) is 0 Å². The van der Waals surface area contributed by atoms with Crippen LogP contribution in [0.4, 0.5) is 5.82 Å². The third kappa shape index (κ3) is 3.51. The van der Waals surface area contributed by atoms with E-state index in [4.69, 9.17) is 20.5 Å². The number of carbonyl (C=O) groups excluding carboxylic acids is 1. The number of hydrogen-bond donors (Lipinski definition) is 1. The molecule has 0 amide bonds. The van der Waals surface area contributed by atoms with E-state index in [0.29, 0.717) is 41.5 Å². The quantitative estimate of drug-likeness (QED) is 0.751. The van der Waals surface area contributed by atoms with Crippen molar-refractivity contribution in [3.05, 3.63) is 83.0 Å². The number of ether oxygens (including phenoxy) is 2. The van der Waals surface area contributed by atoms with Gasteiger partial charge in [0.05, 0.1) is 23.8 Å². The Balaban J connectivity index is 1.71. The number of rotatable bonds is 4. The molecule has 4 rings (SSSR count). The van der Waals surface area contributed by atoms with Crippen molar-refractivity contribution in [3.63, 3.8) is 0 Å². The maximum absolute atomic E-state index is 12.0. The minimum Gasteiger partial charge on any atom is -0.492 e. The van der Waals surface area contributed by atoms with Crippen LogP contribution in [0.2, 0.25) is 0 Å². The van der Waals surface area contributed by atoms with Gasteiger partial charge in [0.15, 0.2) is 5.78 Å². The van der Waals surface area contributed by atoms with Gasteiger partial charge in [-0.25, -0.2) is 4.98 Å². The number of fused-ring (bicyclic) bond motifs is 1. The number of nitrogen functional groups attached to an aromatic ring is 1. The molecule has 2 aromatic carbocycles. The number of carbonyl (C=O) groups is 1. The maximum Gasteiger partial charge on any atom is 0.169 e. The number of anilines is 1. The van der Waals surface area contributed by atoms with Crippen molar-refractivity contribution in [1.82, 2.24) is 4.98 Å². The second kappa shape index (κ2) is 7.41. The number of aromatic nitrogens is 1. The molecular formula is C22H17N3O3. The Hall–Kier alpha value is -3.85. The predicted octanol–water partition coefficient (Wildman–Crippen LogP) is 3.67. The van der Waals surface area contributed by atoms with E-state index in [2.05, 4.69) is 11.1 Å². The third-order valence-electron chi connectivity index (χ3n) is 4.54. The Labute approximate surface area is 162 Å². The molecule has 28 heavy (non-hydrogen) atoms. The van der Waals surface area contributed by atoms with Crippen LogP contribution in [-0.2, 0) is 0 Å². The third-order valence-corrected chi connectivity index (χ3v) is 4.54. The predicted molar refractivity (Wildman–Crippen MR) is 103 cm³/mol. The molecule has 6 heteroatoms. The van der Waals surface area contributed by atoms with Gasteiger partial charge < -0.3 is 15.2 Å². The summed E-state index contributed by atoms with van der Waals surface area (Å²) in [6.45, 7) is 0.370. The summed E-state index contributed by atoms with van der Waals surface area (Å²) in [6, 6.07) is 18.1. The van der Waals surface area contributed by atoms with Crippen LogP contribution in [0.1, 0.15) is 39.6 Å². The highest BCUT2D eigenvalue weighted by Crippen LogP contribution is 2.34. The first-order valence-corrected chi connectivity index (χ1v) is 8.82. The van der Waals surface area contributed by atoms with E-state index in [9.17, 15) is 4.79 Å². The van der Waals surface area contributed by atoms with Crippen LogP contribution in [0.5, 0.6) is 11.5 Å². The van der Waals surface area contributed by atoms with Crippen molar-refractivity contribution < 1.29 is 14.3 Å². The van der Waals surface area contributed by atoms with E-state index < -0.39 is 6.10 Å². The van der Waals surface area contributed by atoms with Crippen LogP contribution in [0.3, 0.4) is 0 Å². The van der Waals surface area contributed by atoms with Crippen LogP contribution in [0, 0.1) is 11.3 Å². The molecule has 0 saturated heterocycles. The lowest BCUT2D eigenvalue weighted by atomic mass is 10.0. The first kappa shape index (κ1) is 17.6. The van der Waals surface area contributed by atoms with Gasteiger partial charge in [0, 0.05) is 24.2 Å². The van der Waals surface area contributed by atoms with Crippen LogP contribution in [0.15, 0.2) is 60.8 Å². The molecule has 0 spiro atoms. The van der Waals surface area contributed by atoms with Crippen LogP contribution in [0.25, 0.3) is 0 Å². The molecule has 6 nitrogen and oxygen atoms in total. The van der Waals surface area contributed by atoms with Gasteiger partial charge in [-0.1, -0.05) is 12.1 Å². The second-order valence-electron chi connectivity index (χ2n) is 6.43. The lowest BCUT2D eigenvalue weighted by molar-refractivity contribution is 0.0933. The van der Waals surface area contributed by atoms with Crippen molar-refractivity contribution in [3.8, 4) is 17.6 Å². The van der Waals surface area contributed by atoms with Gasteiger partial charge in [0.1, 0.15) is 23.4 Å². The highest BCUT2D eigenvalue weighted by molar-refractivity contribution is 5.99. The molecule has 1 atom stereocenters. The molecule has 1 aromatic heterocycles. The number of ketones is 1. The Kier molecular flexibility index (Phi) is 4.65. The van der Waals surface area contributed by atoms with E-state index in [1.807, 2.05) is 18.2 Å². The lowest BCUT2D eigenvalue weighted by Crippen LogP contribution is -2.16. The highest BCUT2D eigenvalue weighted by atomic mass is 16.5. The summed E-state index contributed by atoms with van der Waals surface area (Å²) < 4.78 is 11.9. The molecule has 1 aliphatic heterocycles. The van der Waals surface area contributed by atoms with E-state index >= 15 is 0 Å². The highest BCUT2D eigenvalue weighted by Gasteiger charge is 2.21. The Morgan fingerprint density at radius 2 is 1.93 bits per heavy atom. The summed E-state index contributed by atoms with van der Waals surface area (Å²) in [5.74, 6) is 1.55. The molecule has 3 aromatic rings. The van der Waals surface area contributed by atoms with E-state index in [1.54, 1.807) is 42.6 Å². The monoisotopic (exact) mass is 371 g/mol. The van der Waals surface area contributed by atoms with E-state index in [0.717, 1.165) is 11.1 Å². The Bertz CT molecular complexity index is 1070. The summed E-state index contributed by atoms with van der Waals surface area (Å²) in [5, 5.41) is 9.04. The van der Waals surface area contributed by atoms with Crippen LogP contribution in [-0.4, -0.2) is 17.4 Å². The fourth-order valence-electron chi connectivity index (χ4n) is 3.14. The first-order valence-electron chi connectivity index (χ1n) is 8.82. The molecule has 2 N–H and O–H groups in total. The van der Waals surface area contributed by atoms with Gasteiger partial charge >= 0.3 is 0 Å². The molecule has 0 saturated carbocycles. The molecule has 0 bridgehead atoms. The standard InChI is InChI=1S/C22H17N3O3/c23-13-14-1-3-15(4-2-14)22(16-7-9-25-21(24)11-16)28-17-5-6-18-19(26)8-10-27-20(18)12-17/h1-7,9,11-12,22H,8,10H2,(H2,24,25). The smallest absolute Gasteiger partial charge is 0.169 e. The summed E-state index contributed by atoms with van der Waals surface area (Å²) >= 11 is 0. The zero-order valence-electron chi connectivity index (χ0n) is 15.0. The van der Waals surface area contributed by atoms with Gasteiger partial charge in [-0.2, -0.15) is 5.26 Å². The van der Waals surface area contributed by atoms with Crippen LogP contribution < -0.4 is 15.2 Å². The van der Waals surface area contributed by atoms with Crippen molar-refractivity contribution in [2.24, 2.45) is 0 Å². The molecule has 0 radical (unpaired) electrons. The summed E-state index contributed by atoms with van der Waals surface area (Å²) in [7, 11) is 0. The zero-order chi connectivity index (χ0) is 19.5. The average molecular weight is 371 g/mol. The number of nitriles is 1. The lowest BCUT2D eigenvalue weighted by Gasteiger charge is -2.22. The number of benzene rings is 2. The van der Waals surface area contributed by atoms with Gasteiger partial charge in [-0.15, -0.1) is 0 Å². The number of nitrogens with two attached hydrogens (primary N) is 1. The fraction of sp³-hybridized carbons (Fsp3) is 0.136. The minimum atomic E-state index is -0.463. The Morgan fingerprint density at radius 3 is 2.68 bits per heavy atom. The van der Waals surface area contributed by atoms with E-state index in [1.165, 1.54) is 0 Å². The van der Waals surface area contributed by atoms with Crippen molar-refractivity contribution in [2.75, 3.05) is 12.3 Å². The SMILES string of the molecule is N#Cc1ccc(C(Oc2ccc3c(c2)OCCC3=O)c2ccnc(N)c2)cc1.